The molecule has 0 saturated heterocycles. The Bertz CT molecular complexity index is 596. The maximum Gasteiger partial charge on any atom is 0.341 e. The highest BCUT2D eigenvalue weighted by Crippen LogP contribution is 2.57. The van der Waals surface area contributed by atoms with Crippen LogP contribution in [0.15, 0.2) is 16.6 Å². The molecule has 0 saturated carbocycles. The average Bonchev–Trinajstić information content (AvgIpc) is 2.89. The van der Waals surface area contributed by atoms with Gasteiger partial charge in [-0.2, -0.15) is 0 Å². The van der Waals surface area contributed by atoms with Crippen molar-refractivity contribution in [1.82, 2.24) is 0 Å². The van der Waals surface area contributed by atoms with Gasteiger partial charge in [-0.3, -0.25) is 4.79 Å². The number of carbonyl (C=O) groups excluding carboxylic acids is 2. The number of aliphatic hydroxyl groups is 1. The van der Waals surface area contributed by atoms with Crippen LogP contribution in [0, 0.1) is 0 Å². The van der Waals surface area contributed by atoms with Gasteiger partial charge < -0.3 is 19.0 Å². The lowest BCUT2D eigenvalue weighted by molar-refractivity contribution is -0.138. The molecule has 6 nitrogen and oxygen atoms in total. The topological polar surface area (TPSA) is 86.0 Å². The van der Waals surface area contributed by atoms with Crippen LogP contribution in [0.1, 0.15) is 18.4 Å². The number of furan rings is 1. The monoisotopic (exact) mass is 250 g/mol. The van der Waals surface area contributed by atoms with Crippen molar-refractivity contribution in [2.45, 2.75) is 18.8 Å². The molecule has 0 spiro atoms. The van der Waals surface area contributed by atoms with E-state index in [1.54, 1.807) is 6.92 Å². The van der Waals surface area contributed by atoms with E-state index in [1.165, 1.54) is 0 Å². The summed E-state index contributed by atoms with van der Waals surface area (Å²) in [7, 11) is 0. The minimum absolute atomic E-state index is 0.0800. The van der Waals surface area contributed by atoms with Gasteiger partial charge in [-0.1, -0.05) is 6.58 Å². The van der Waals surface area contributed by atoms with Crippen molar-refractivity contribution in [2.75, 3.05) is 6.61 Å². The highest BCUT2D eigenvalue weighted by atomic mass is 16.6. The van der Waals surface area contributed by atoms with E-state index in [0.29, 0.717) is 17.9 Å². The van der Waals surface area contributed by atoms with Crippen molar-refractivity contribution < 1.29 is 28.6 Å². The number of hydrogen-bond acceptors (Lipinski definition) is 6. The molecule has 6 heteroatoms. The van der Waals surface area contributed by atoms with Crippen LogP contribution in [-0.2, 0) is 21.4 Å². The zero-order chi connectivity index (χ0) is 13.1. The Hall–Kier alpha value is -2.08. The van der Waals surface area contributed by atoms with Crippen molar-refractivity contribution in [1.29, 1.82) is 0 Å². The second-order valence-electron chi connectivity index (χ2n) is 4.56. The molecule has 2 aliphatic rings. The molecule has 94 valence electrons. The zero-order valence-corrected chi connectivity index (χ0v) is 9.61. The number of hydrogen-bond donors (Lipinski definition) is 1. The molecule has 1 atom stereocenters. The average molecular weight is 250 g/mol. The van der Waals surface area contributed by atoms with Gasteiger partial charge in [0.1, 0.15) is 5.41 Å². The molecule has 0 aliphatic carbocycles. The van der Waals surface area contributed by atoms with Crippen LogP contribution in [0.25, 0.3) is 0 Å². The summed E-state index contributed by atoms with van der Waals surface area (Å²) in [6.45, 7) is 4.58. The number of esters is 2. The molecule has 1 N–H and O–H groups in total. The fourth-order valence-corrected chi connectivity index (χ4v) is 2.12. The molecule has 0 radical (unpaired) electrons. The lowest BCUT2D eigenvalue weighted by atomic mass is 9.84. The van der Waals surface area contributed by atoms with Gasteiger partial charge in [-0.25, -0.2) is 4.79 Å². The van der Waals surface area contributed by atoms with Gasteiger partial charge in [0.2, 0.25) is 11.5 Å². The first-order chi connectivity index (χ1) is 8.47. The number of carbonyl (C=O) groups is 2. The summed E-state index contributed by atoms with van der Waals surface area (Å²) in [5, 5.41) is 8.78. The van der Waals surface area contributed by atoms with E-state index in [4.69, 9.17) is 19.0 Å². The molecular weight excluding hydrogens is 240 g/mol. The van der Waals surface area contributed by atoms with E-state index in [0.717, 1.165) is 0 Å². The smallest absolute Gasteiger partial charge is 0.341 e. The van der Waals surface area contributed by atoms with Crippen molar-refractivity contribution in [2.24, 2.45) is 0 Å². The number of ether oxygens (including phenoxy) is 2. The molecule has 0 fully saturated rings. The van der Waals surface area contributed by atoms with E-state index < -0.39 is 24.0 Å². The van der Waals surface area contributed by atoms with Gasteiger partial charge in [0.15, 0.2) is 11.5 Å². The summed E-state index contributed by atoms with van der Waals surface area (Å²) in [5.41, 5.74) is -0.863. The molecule has 0 amide bonds. The number of aliphatic hydroxyl groups excluding tert-OH is 1. The first-order valence-electron chi connectivity index (χ1n) is 5.36. The molecule has 1 aromatic rings. The molecule has 0 aromatic carbocycles. The Balaban J connectivity index is 1.95. The normalized spacial score (nSPS) is 23.1. The van der Waals surface area contributed by atoms with Gasteiger partial charge in [-0.15, -0.1) is 0 Å². The summed E-state index contributed by atoms with van der Waals surface area (Å²) >= 11 is 0. The molecule has 1 unspecified atom stereocenters. The lowest BCUT2D eigenvalue weighted by Gasteiger charge is -2.11. The molecule has 3 rings (SSSR count). The van der Waals surface area contributed by atoms with Crippen LogP contribution >= 0.6 is 0 Å². The summed E-state index contributed by atoms with van der Waals surface area (Å²) in [5.74, 6) is -0.0773. The van der Waals surface area contributed by atoms with Crippen molar-refractivity contribution >= 4 is 11.9 Å². The van der Waals surface area contributed by atoms with Crippen LogP contribution in [0.3, 0.4) is 0 Å². The van der Waals surface area contributed by atoms with Gasteiger partial charge in [0, 0.05) is 6.42 Å². The molecule has 2 bridgehead atoms. The Kier molecular flexibility index (Phi) is 1.98. The first kappa shape index (κ1) is 11.0. The van der Waals surface area contributed by atoms with Gasteiger partial charge in [0.05, 0.1) is 12.2 Å². The fourth-order valence-electron chi connectivity index (χ4n) is 2.12. The van der Waals surface area contributed by atoms with Crippen molar-refractivity contribution in [3.8, 4) is 11.5 Å². The molecule has 3 heterocycles. The van der Waals surface area contributed by atoms with E-state index in [9.17, 15) is 9.59 Å². The molecule has 18 heavy (non-hydrogen) atoms. The second-order valence-corrected chi connectivity index (χ2v) is 4.56. The minimum Gasteiger partial charge on any atom is -0.457 e. The quantitative estimate of drug-likeness (QED) is 0.619. The lowest BCUT2D eigenvalue weighted by Crippen LogP contribution is -2.29. The number of fused-ring (bicyclic) bond motifs is 1. The van der Waals surface area contributed by atoms with Crippen LogP contribution in [0.5, 0.6) is 11.5 Å². The number of rotatable bonds is 3. The minimum atomic E-state index is -0.783. The Morgan fingerprint density at radius 2 is 2.33 bits per heavy atom. The van der Waals surface area contributed by atoms with E-state index in [2.05, 4.69) is 6.58 Å². The van der Waals surface area contributed by atoms with E-state index >= 15 is 0 Å². The second kappa shape index (κ2) is 3.23. The summed E-state index contributed by atoms with van der Waals surface area (Å²) in [6.07, 6.45) is 0.318. The van der Waals surface area contributed by atoms with Crippen molar-refractivity contribution in [3.05, 3.63) is 23.7 Å². The van der Waals surface area contributed by atoms with Gasteiger partial charge in [0.25, 0.3) is 0 Å². The van der Waals surface area contributed by atoms with Crippen LogP contribution in [-0.4, -0.2) is 23.7 Å². The fraction of sp³-hybridized carbons (Fsp3) is 0.333. The first-order valence-corrected chi connectivity index (χ1v) is 5.36. The van der Waals surface area contributed by atoms with Crippen molar-refractivity contribution in [3.63, 3.8) is 0 Å². The third-order valence-corrected chi connectivity index (χ3v) is 3.23. The standard InChI is InChI=1S/C12H10O6/c1-5(4-13)10(14)17-7-6-3-12(2)9(16-6)8(7)18-11(12)15/h13H,1,3-4H2,2H3. The molecule has 1 aromatic heterocycles. The van der Waals surface area contributed by atoms with Crippen LogP contribution in [0.4, 0.5) is 0 Å². The highest BCUT2D eigenvalue weighted by molar-refractivity contribution is 5.95. The third-order valence-electron chi connectivity index (χ3n) is 3.23. The molecule has 2 aliphatic heterocycles. The summed E-state index contributed by atoms with van der Waals surface area (Å²) in [4.78, 5) is 23.2. The van der Waals surface area contributed by atoms with Crippen LogP contribution in [0.2, 0.25) is 0 Å². The Morgan fingerprint density at radius 1 is 1.61 bits per heavy atom. The Labute approximate surface area is 102 Å². The predicted molar refractivity (Wildman–Crippen MR) is 57.3 cm³/mol. The van der Waals surface area contributed by atoms with Gasteiger partial charge >= 0.3 is 11.9 Å². The van der Waals surface area contributed by atoms with E-state index in [-0.39, 0.29) is 17.1 Å². The van der Waals surface area contributed by atoms with E-state index in [1.807, 2.05) is 0 Å². The third kappa shape index (κ3) is 1.15. The highest BCUT2D eigenvalue weighted by Gasteiger charge is 2.57. The van der Waals surface area contributed by atoms with Gasteiger partial charge in [-0.05, 0) is 6.92 Å². The maximum absolute atomic E-state index is 11.7. The summed E-state index contributed by atoms with van der Waals surface area (Å²) < 4.78 is 15.5. The Morgan fingerprint density at radius 3 is 3.00 bits per heavy atom. The maximum atomic E-state index is 11.7. The SMILES string of the molecule is C=C(CO)C(=O)Oc1c2oc3c1OC(=O)C3(C)C2. The largest absolute Gasteiger partial charge is 0.457 e. The predicted octanol–water partition coefficient (Wildman–Crippen LogP) is 0.466. The zero-order valence-electron chi connectivity index (χ0n) is 9.61. The summed E-state index contributed by atoms with van der Waals surface area (Å²) in [6, 6.07) is 0. The molecular formula is C12H10O6. The van der Waals surface area contributed by atoms with Crippen LogP contribution < -0.4 is 9.47 Å².